The van der Waals surface area contributed by atoms with Crippen LogP contribution in [0.25, 0.3) is 0 Å². The Bertz CT molecular complexity index is 360. The molecule has 1 aromatic carbocycles. The summed E-state index contributed by atoms with van der Waals surface area (Å²) in [6, 6.07) is 5.64. The molecule has 0 bridgehead atoms. The highest BCUT2D eigenvalue weighted by Crippen LogP contribution is 2.28. The Labute approximate surface area is 85.0 Å². The second-order valence-corrected chi connectivity index (χ2v) is 4.25. The van der Waals surface area contributed by atoms with Crippen LogP contribution in [0.1, 0.15) is 15.9 Å². The predicted molar refractivity (Wildman–Crippen MR) is 53.7 cm³/mol. The van der Waals surface area contributed by atoms with E-state index in [2.05, 4.69) is 15.9 Å². The van der Waals surface area contributed by atoms with E-state index in [1.165, 1.54) is 0 Å². The number of rotatable bonds is 0. The third-order valence-electron chi connectivity index (χ3n) is 2.07. The summed E-state index contributed by atoms with van der Waals surface area (Å²) in [4.78, 5) is 11.4. The van der Waals surface area contributed by atoms with Crippen LogP contribution in [0.3, 0.4) is 0 Å². The first kappa shape index (κ1) is 8.75. The van der Waals surface area contributed by atoms with Crippen molar-refractivity contribution >= 4 is 21.7 Å². The number of ketones is 1. The molecule has 0 aromatic heterocycles. The van der Waals surface area contributed by atoms with Gasteiger partial charge in [0.2, 0.25) is 0 Å². The normalized spacial score (nSPS) is 20.8. The minimum absolute atomic E-state index is 0.112. The van der Waals surface area contributed by atoms with Gasteiger partial charge in [-0.2, -0.15) is 0 Å². The Morgan fingerprint density at radius 1 is 1.54 bits per heavy atom. The number of hydrogen-bond acceptors (Lipinski definition) is 2. The summed E-state index contributed by atoms with van der Waals surface area (Å²) in [5, 5.41) is 0. The average Bonchev–Trinajstić information content (AvgIpc) is 2.12. The van der Waals surface area contributed by atoms with Crippen molar-refractivity contribution in [2.24, 2.45) is 0 Å². The number of aryl methyl sites for hydroxylation is 1. The molecule has 0 saturated heterocycles. The molecule has 13 heavy (non-hydrogen) atoms. The Balaban J connectivity index is 2.50. The number of carbonyl (C=O) groups is 1. The summed E-state index contributed by atoms with van der Waals surface area (Å²) >= 11 is 3.27. The van der Waals surface area contributed by atoms with E-state index in [0.717, 1.165) is 5.56 Å². The number of ether oxygens (including phenoxy) is 1. The van der Waals surface area contributed by atoms with Crippen molar-refractivity contribution in [3.8, 4) is 5.75 Å². The van der Waals surface area contributed by atoms with Crippen LogP contribution in [0.15, 0.2) is 18.2 Å². The Morgan fingerprint density at radius 3 is 3.08 bits per heavy atom. The highest BCUT2D eigenvalue weighted by molar-refractivity contribution is 9.10. The van der Waals surface area contributed by atoms with Crippen LogP contribution >= 0.6 is 15.9 Å². The average molecular weight is 241 g/mol. The lowest BCUT2D eigenvalue weighted by molar-refractivity contribution is 0.0946. The predicted octanol–water partition coefficient (Wildman–Crippen LogP) is 2.33. The van der Waals surface area contributed by atoms with Crippen molar-refractivity contribution < 1.29 is 9.53 Å². The molecule has 0 N–H and O–H groups in total. The zero-order chi connectivity index (χ0) is 9.42. The van der Waals surface area contributed by atoms with Crippen LogP contribution in [0, 0.1) is 6.92 Å². The largest absolute Gasteiger partial charge is 0.491 e. The number of benzene rings is 1. The summed E-state index contributed by atoms with van der Waals surface area (Å²) < 4.78 is 5.42. The second-order valence-electron chi connectivity index (χ2n) is 3.14. The zero-order valence-electron chi connectivity index (χ0n) is 7.21. The van der Waals surface area contributed by atoms with Gasteiger partial charge in [0.05, 0.1) is 5.56 Å². The van der Waals surface area contributed by atoms with E-state index in [0.29, 0.717) is 17.9 Å². The monoisotopic (exact) mass is 240 g/mol. The summed E-state index contributed by atoms with van der Waals surface area (Å²) in [5.41, 5.74) is 1.79. The smallest absolute Gasteiger partial charge is 0.183 e. The fourth-order valence-electron chi connectivity index (χ4n) is 1.36. The maximum Gasteiger partial charge on any atom is 0.183 e. The lowest BCUT2D eigenvalue weighted by atomic mass is 10.0. The number of alkyl halides is 1. The van der Waals surface area contributed by atoms with Gasteiger partial charge >= 0.3 is 0 Å². The van der Waals surface area contributed by atoms with Crippen LogP contribution in [0.4, 0.5) is 0 Å². The molecule has 0 spiro atoms. The van der Waals surface area contributed by atoms with Gasteiger partial charge in [-0.3, -0.25) is 4.79 Å². The second kappa shape index (κ2) is 3.14. The topological polar surface area (TPSA) is 26.3 Å². The van der Waals surface area contributed by atoms with Gasteiger partial charge in [-0.15, -0.1) is 0 Å². The molecule has 0 radical (unpaired) electrons. The van der Waals surface area contributed by atoms with E-state index < -0.39 is 0 Å². The molecule has 1 aliphatic rings. The molecular formula is C10H9BrO2. The van der Waals surface area contributed by atoms with E-state index in [-0.39, 0.29) is 10.6 Å². The Morgan fingerprint density at radius 2 is 2.31 bits per heavy atom. The SMILES string of the molecule is Cc1ccc2c(c1)OCC(Br)C2=O. The van der Waals surface area contributed by atoms with E-state index in [1.54, 1.807) is 0 Å². The number of hydrogen-bond donors (Lipinski definition) is 0. The first-order valence-electron chi connectivity index (χ1n) is 4.10. The molecule has 0 amide bonds. The number of carbonyl (C=O) groups excluding carboxylic acids is 1. The lowest BCUT2D eigenvalue weighted by Gasteiger charge is -2.20. The molecule has 68 valence electrons. The number of fused-ring (bicyclic) bond motifs is 1. The van der Waals surface area contributed by atoms with Gasteiger partial charge in [0.25, 0.3) is 0 Å². The molecule has 1 heterocycles. The molecule has 0 fully saturated rings. The van der Waals surface area contributed by atoms with Gasteiger partial charge in [0.1, 0.15) is 17.2 Å². The molecule has 1 aliphatic heterocycles. The third kappa shape index (κ3) is 1.48. The minimum Gasteiger partial charge on any atom is -0.491 e. The Hall–Kier alpha value is -0.830. The lowest BCUT2D eigenvalue weighted by Crippen LogP contribution is -2.27. The van der Waals surface area contributed by atoms with Crippen molar-refractivity contribution in [2.45, 2.75) is 11.8 Å². The molecule has 3 heteroatoms. The fourth-order valence-corrected chi connectivity index (χ4v) is 1.74. The van der Waals surface area contributed by atoms with Crippen molar-refractivity contribution in [3.05, 3.63) is 29.3 Å². The van der Waals surface area contributed by atoms with Crippen LogP contribution in [-0.4, -0.2) is 17.2 Å². The van der Waals surface area contributed by atoms with Gasteiger partial charge in [-0.25, -0.2) is 0 Å². The summed E-state index contributed by atoms with van der Waals surface area (Å²) in [6.45, 7) is 2.41. The standard InChI is InChI=1S/C10H9BrO2/c1-6-2-3-7-9(4-6)13-5-8(11)10(7)12/h2-4,8H,5H2,1H3. The van der Waals surface area contributed by atoms with Crippen molar-refractivity contribution in [1.82, 2.24) is 0 Å². The molecule has 0 saturated carbocycles. The van der Waals surface area contributed by atoms with Crippen LogP contribution in [0.5, 0.6) is 5.75 Å². The number of halogens is 1. The van der Waals surface area contributed by atoms with Gasteiger partial charge in [0, 0.05) is 0 Å². The molecule has 2 nitrogen and oxygen atoms in total. The molecule has 1 atom stereocenters. The molecule has 1 unspecified atom stereocenters. The van der Waals surface area contributed by atoms with Gasteiger partial charge in [0.15, 0.2) is 5.78 Å². The molecule has 2 rings (SSSR count). The third-order valence-corrected chi connectivity index (χ3v) is 2.75. The minimum atomic E-state index is -0.192. The van der Waals surface area contributed by atoms with Gasteiger partial charge < -0.3 is 4.74 Å². The van der Waals surface area contributed by atoms with Gasteiger partial charge in [-0.05, 0) is 24.6 Å². The van der Waals surface area contributed by atoms with Crippen LogP contribution in [-0.2, 0) is 0 Å². The maximum atomic E-state index is 11.6. The van der Waals surface area contributed by atoms with E-state index in [9.17, 15) is 4.79 Å². The van der Waals surface area contributed by atoms with Crippen LogP contribution < -0.4 is 4.74 Å². The Kier molecular flexibility index (Phi) is 2.12. The first-order valence-corrected chi connectivity index (χ1v) is 5.02. The summed E-state index contributed by atoms with van der Waals surface area (Å²) in [5.74, 6) is 0.821. The first-order chi connectivity index (χ1) is 6.18. The fraction of sp³-hybridized carbons (Fsp3) is 0.300. The summed E-state index contributed by atoms with van der Waals surface area (Å²) in [6.07, 6.45) is 0. The zero-order valence-corrected chi connectivity index (χ0v) is 8.80. The highest BCUT2D eigenvalue weighted by atomic mass is 79.9. The summed E-state index contributed by atoms with van der Waals surface area (Å²) in [7, 11) is 0. The van der Waals surface area contributed by atoms with Crippen molar-refractivity contribution in [1.29, 1.82) is 0 Å². The van der Waals surface area contributed by atoms with Crippen molar-refractivity contribution in [2.75, 3.05) is 6.61 Å². The molecule has 0 aliphatic carbocycles. The van der Waals surface area contributed by atoms with E-state index >= 15 is 0 Å². The maximum absolute atomic E-state index is 11.6. The highest BCUT2D eigenvalue weighted by Gasteiger charge is 2.26. The molecule has 1 aromatic rings. The molecular weight excluding hydrogens is 232 g/mol. The number of Topliss-reactive ketones (excluding diaryl/α,β-unsaturated/α-hetero) is 1. The van der Waals surface area contributed by atoms with E-state index in [1.807, 2.05) is 25.1 Å². The quantitative estimate of drug-likeness (QED) is 0.651. The van der Waals surface area contributed by atoms with Crippen molar-refractivity contribution in [3.63, 3.8) is 0 Å². The van der Waals surface area contributed by atoms with E-state index in [4.69, 9.17) is 4.74 Å². The van der Waals surface area contributed by atoms with Crippen LogP contribution in [0.2, 0.25) is 0 Å². The van der Waals surface area contributed by atoms with Gasteiger partial charge in [-0.1, -0.05) is 22.0 Å².